The van der Waals surface area contributed by atoms with E-state index >= 15 is 0 Å². The fourth-order valence-electron chi connectivity index (χ4n) is 6.88. The van der Waals surface area contributed by atoms with E-state index in [1.807, 2.05) is 84.1 Å². The SMILES string of the molecule is CN[C@H](C(=O)N[C@H](C(=O)N(C)[C@H](CC(C)(C)C(=O)NS(=O)(=O)Cc1ccc(C2(NC(=O)C(F)(F)F)CC2)cc1)C(C)C)C(C)(C)C)C(C)(C)c1ccccc1. The van der Waals surface area contributed by atoms with Crippen LogP contribution in [-0.2, 0) is 45.9 Å². The van der Waals surface area contributed by atoms with Crippen LogP contribution in [0.15, 0.2) is 54.6 Å². The normalized spacial score (nSPS) is 16.4. The monoisotopic (exact) mass is 793 g/mol. The molecule has 0 heterocycles. The molecule has 11 nitrogen and oxygen atoms in total. The van der Waals surface area contributed by atoms with E-state index < -0.39 is 73.7 Å². The molecular weight excluding hydrogens is 736 g/mol. The van der Waals surface area contributed by atoms with Gasteiger partial charge in [0.25, 0.3) is 0 Å². The minimum Gasteiger partial charge on any atom is -0.342 e. The minimum atomic E-state index is -5.03. The van der Waals surface area contributed by atoms with E-state index in [1.165, 1.54) is 29.2 Å². The largest absolute Gasteiger partial charge is 0.471 e. The van der Waals surface area contributed by atoms with Crippen LogP contribution in [0.25, 0.3) is 0 Å². The predicted molar refractivity (Wildman–Crippen MR) is 206 cm³/mol. The molecular formula is C40H58F3N5O6S. The van der Waals surface area contributed by atoms with Gasteiger partial charge in [-0.3, -0.25) is 23.9 Å². The van der Waals surface area contributed by atoms with Crippen molar-refractivity contribution in [2.24, 2.45) is 16.7 Å². The van der Waals surface area contributed by atoms with E-state index in [0.29, 0.717) is 18.4 Å². The first-order chi connectivity index (χ1) is 25.1. The van der Waals surface area contributed by atoms with Crippen molar-refractivity contribution in [3.63, 3.8) is 0 Å². The van der Waals surface area contributed by atoms with Crippen molar-refractivity contribution in [2.75, 3.05) is 14.1 Å². The molecule has 4 N–H and O–H groups in total. The number of amides is 4. The zero-order valence-electron chi connectivity index (χ0n) is 33.8. The van der Waals surface area contributed by atoms with Crippen LogP contribution in [0, 0.1) is 16.7 Å². The Bertz CT molecular complexity index is 1800. The summed E-state index contributed by atoms with van der Waals surface area (Å²) in [7, 11) is -0.902. The molecule has 0 radical (unpaired) electrons. The highest BCUT2D eigenvalue weighted by Gasteiger charge is 2.51. The standard InChI is InChI=1S/C40H58F3N5O6S/c1-25(2)29(48(11)33(50)31(36(3,4)5)45-32(49)30(44-10)38(8,9)27-15-13-12-14-16-27)23-37(6,7)34(51)47-55(53,54)24-26-17-19-28(20-18-26)39(21-22-39)46-35(52)40(41,42)43/h12-20,25,29-31,44H,21-24H2,1-11H3,(H,45,49)(H,46,52)(H,47,51)/t29-,30-,31-/m1/s1. The third-order valence-corrected chi connectivity index (χ3v) is 11.8. The van der Waals surface area contributed by atoms with Gasteiger partial charge in [0.1, 0.15) is 6.04 Å². The van der Waals surface area contributed by atoms with Gasteiger partial charge in [0.15, 0.2) is 0 Å². The minimum absolute atomic E-state index is 0.0969. The summed E-state index contributed by atoms with van der Waals surface area (Å²) in [4.78, 5) is 54.8. The number of nitrogens with zero attached hydrogens (tertiary/aromatic N) is 1. The van der Waals surface area contributed by atoms with Crippen LogP contribution in [0.2, 0.25) is 0 Å². The van der Waals surface area contributed by atoms with Gasteiger partial charge in [-0.1, -0.05) is 117 Å². The molecule has 0 saturated heterocycles. The molecule has 0 aliphatic heterocycles. The molecule has 0 bridgehead atoms. The van der Waals surface area contributed by atoms with Crippen molar-refractivity contribution >= 4 is 33.7 Å². The number of rotatable bonds is 16. The summed E-state index contributed by atoms with van der Waals surface area (Å²) >= 11 is 0. The fourth-order valence-corrected chi connectivity index (χ4v) is 8.15. The molecule has 0 spiro atoms. The molecule has 306 valence electrons. The summed E-state index contributed by atoms with van der Waals surface area (Å²) in [5.74, 6) is -4.26. The van der Waals surface area contributed by atoms with Crippen LogP contribution >= 0.6 is 0 Å². The van der Waals surface area contributed by atoms with Gasteiger partial charge >= 0.3 is 12.1 Å². The Labute approximate surface area is 324 Å². The number of sulfonamides is 1. The number of halogens is 3. The average Bonchev–Trinajstić information content (AvgIpc) is 3.85. The summed E-state index contributed by atoms with van der Waals surface area (Å²) in [5.41, 5.74) is -2.11. The van der Waals surface area contributed by atoms with Gasteiger partial charge in [-0.15, -0.1) is 0 Å². The van der Waals surface area contributed by atoms with Crippen LogP contribution in [0.1, 0.15) is 98.3 Å². The van der Waals surface area contributed by atoms with Crippen molar-refractivity contribution in [3.05, 3.63) is 71.3 Å². The van der Waals surface area contributed by atoms with E-state index in [4.69, 9.17) is 0 Å². The molecule has 2 aromatic carbocycles. The Kier molecular flexibility index (Phi) is 13.7. The first-order valence-electron chi connectivity index (χ1n) is 18.4. The lowest BCUT2D eigenvalue weighted by Gasteiger charge is -2.41. The van der Waals surface area contributed by atoms with Crippen molar-refractivity contribution in [1.29, 1.82) is 0 Å². The van der Waals surface area contributed by atoms with Crippen molar-refractivity contribution in [3.8, 4) is 0 Å². The van der Waals surface area contributed by atoms with E-state index in [9.17, 15) is 40.8 Å². The number of hydrogen-bond acceptors (Lipinski definition) is 7. The maximum Gasteiger partial charge on any atom is 0.471 e. The Hall–Kier alpha value is -3.98. The highest BCUT2D eigenvalue weighted by atomic mass is 32.2. The number of hydrogen-bond donors (Lipinski definition) is 4. The summed E-state index contributed by atoms with van der Waals surface area (Å²) in [6, 6.07) is 13.3. The second kappa shape index (κ2) is 16.6. The third-order valence-electron chi connectivity index (χ3n) is 10.6. The van der Waals surface area contributed by atoms with Crippen molar-refractivity contribution in [1.82, 2.24) is 25.6 Å². The fraction of sp³-hybridized carbons (Fsp3) is 0.600. The van der Waals surface area contributed by atoms with E-state index in [1.54, 1.807) is 27.9 Å². The van der Waals surface area contributed by atoms with E-state index in [2.05, 4.69) is 15.4 Å². The van der Waals surface area contributed by atoms with Gasteiger partial charge in [0, 0.05) is 23.9 Å². The van der Waals surface area contributed by atoms with Crippen LogP contribution < -0.4 is 20.7 Å². The van der Waals surface area contributed by atoms with Gasteiger partial charge < -0.3 is 20.9 Å². The van der Waals surface area contributed by atoms with Gasteiger partial charge in [-0.2, -0.15) is 13.2 Å². The third kappa shape index (κ3) is 11.3. The topological polar surface area (TPSA) is 154 Å². The van der Waals surface area contributed by atoms with Gasteiger partial charge in [0.2, 0.25) is 27.7 Å². The number of likely N-dealkylation sites (N-methyl/N-ethyl adjacent to an activating group) is 2. The maximum atomic E-state index is 14.3. The molecule has 1 aliphatic rings. The number of carbonyl (C=O) groups excluding carboxylic acids is 4. The second-order valence-electron chi connectivity index (χ2n) is 17.4. The maximum absolute atomic E-state index is 14.3. The van der Waals surface area contributed by atoms with Crippen molar-refractivity contribution in [2.45, 2.75) is 123 Å². The lowest BCUT2D eigenvalue weighted by Crippen LogP contribution is -2.62. The Morgan fingerprint density at radius 2 is 1.38 bits per heavy atom. The quantitative estimate of drug-likeness (QED) is 0.180. The summed E-state index contributed by atoms with van der Waals surface area (Å²) in [5, 5.41) is 8.17. The van der Waals surface area contributed by atoms with E-state index in [0.717, 1.165) is 5.56 Å². The lowest BCUT2D eigenvalue weighted by molar-refractivity contribution is -0.174. The molecule has 3 atom stereocenters. The molecule has 0 unspecified atom stereocenters. The molecule has 1 fully saturated rings. The van der Waals surface area contributed by atoms with Crippen LogP contribution in [0.5, 0.6) is 0 Å². The summed E-state index contributed by atoms with van der Waals surface area (Å²) < 4.78 is 67.0. The van der Waals surface area contributed by atoms with Gasteiger partial charge in [-0.25, -0.2) is 8.42 Å². The predicted octanol–water partition coefficient (Wildman–Crippen LogP) is 5.30. The van der Waals surface area contributed by atoms with Crippen LogP contribution in [-0.4, -0.2) is 75.3 Å². The Balaban J connectivity index is 1.73. The average molecular weight is 794 g/mol. The first-order valence-corrected chi connectivity index (χ1v) is 20.1. The smallest absolute Gasteiger partial charge is 0.342 e. The number of alkyl halides is 3. The molecule has 1 saturated carbocycles. The molecule has 1 aliphatic carbocycles. The number of nitrogens with one attached hydrogen (secondary N) is 4. The van der Waals surface area contributed by atoms with Crippen LogP contribution in [0.3, 0.4) is 0 Å². The summed E-state index contributed by atoms with van der Waals surface area (Å²) in [6.45, 7) is 16.5. The highest BCUT2D eigenvalue weighted by Crippen LogP contribution is 2.46. The lowest BCUT2D eigenvalue weighted by atomic mass is 9.76. The Morgan fingerprint density at radius 1 is 0.836 bits per heavy atom. The molecule has 2 aromatic rings. The molecule has 0 aromatic heterocycles. The number of benzene rings is 2. The van der Waals surface area contributed by atoms with Gasteiger partial charge in [0.05, 0.1) is 17.3 Å². The second-order valence-corrected chi connectivity index (χ2v) is 19.1. The molecule has 4 amide bonds. The van der Waals surface area contributed by atoms with Crippen molar-refractivity contribution < 1.29 is 40.8 Å². The van der Waals surface area contributed by atoms with Crippen LogP contribution in [0.4, 0.5) is 13.2 Å². The number of carbonyl (C=O) groups is 4. The van der Waals surface area contributed by atoms with E-state index in [-0.39, 0.29) is 29.7 Å². The zero-order chi connectivity index (χ0) is 41.9. The summed E-state index contributed by atoms with van der Waals surface area (Å²) in [6.07, 6.45) is -4.31. The zero-order valence-corrected chi connectivity index (χ0v) is 34.6. The molecule has 3 rings (SSSR count). The highest BCUT2D eigenvalue weighted by molar-refractivity contribution is 7.89. The Morgan fingerprint density at radius 3 is 1.84 bits per heavy atom. The first kappa shape index (κ1) is 45.4. The van der Waals surface area contributed by atoms with Gasteiger partial charge in [-0.05, 0) is 54.3 Å². The molecule has 55 heavy (non-hydrogen) atoms. The molecule has 15 heteroatoms.